The number of rotatable bonds is 6. The maximum atomic E-state index is 6.15. The molecule has 1 aromatic rings. The van der Waals surface area contributed by atoms with Crippen molar-refractivity contribution in [2.24, 2.45) is 0 Å². The van der Waals surface area contributed by atoms with Gasteiger partial charge in [-0.15, -0.1) is 11.3 Å². The maximum Gasteiger partial charge on any atom is 0.0881 e. The van der Waals surface area contributed by atoms with Crippen LogP contribution in [0, 0.1) is 0 Å². The molecule has 1 unspecified atom stereocenters. The van der Waals surface area contributed by atoms with Crippen LogP contribution in [0.3, 0.4) is 0 Å². The summed E-state index contributed by atoms with van der Waals surface area (Å²) in [5, 5.41) is 5.60. The third-order valence-electron chi connectivity index (χ3n) is 3.78. The Kier molecular flexibility index (Phi) is 5.84. The molecule has 1 saturated heterocycles. The molecule has 1 aliphatic rings. The minimum Gasteiger partial charge on any atom is -0.381 e. The lowest BCUT2D eigenvalue weighted by Crippen LogP contribution is -2.55. The van der Waals surface area contributed by atoms with Crippen molar-refractivity contribution < 1.29 is 9.47 Å². The minimum absolute atomic E-state index is 0.0851. The van der Waals surface area contributed by atoms with Crippen LogP contribution in [0.2, 0.25) is 0 Å². The van der Waals surface area contributed by atoms with Gasteiger partial charge in [0.2, 0.25) is 0 Å². The van der Waals surface area contributed by atoms with Crippen LogP contribution in [-0.4, -0.2) is 38.5 Å². The average molecular weight is 348 g/mol. The number of halogens is 1. The molecule has 3 nitrogen and oxygen atoms in total. The highest BCUT2D eigenvalue weighted by molar-refractivity contribution is 9.10. The lowest BCUT2D eigenvalue weighted by atomic mass is 9.84. The van der Waals surface area contributed by atoms with Crippen LogP contribution < -0.4 is 5.32 Å². The van der Waals surface area contributed by atoms with Gasteiger partial charge in [0.15, 0.2) is 0 Å². The summed E-state index contributed by atoms with van der Waals surface area (Å²) in [4.78, 5) is 1.39. The third kappa shape index (κ3) is 3.79. The molecule has 1 aliphatic heterocycles. The standard InChI is InChI=1S/C14H22BrNO2S/c1-3-18-14(4-6-17-7-5-14)13(16-2)9-12-8-11(15)10-19-12/h8,10,13,16H,3-7,9H2,1-2H3. The first-order chi connectivity index (χ1) is 9.20. The second-order valence-corrected chi connectivity index (χ2v) is 6.80. The zero-order chi connectivity index (χ0) is 13.7. The van der Waals surface area contributed by atoms with Gasteiger partial charge in [-0.05, 0) is 42.4 Å². The number of likely N-dealkylation sites (N-methyl/N-ethyl adjacent to an activating group) is 1. The van der Waals surface area contributed by atoms with Crippen LogP contribution in [0.1, 0.15) is 24.6 Å². The molecule has 1 N–H and O–H groups in total. The van der Waals surface area contributed by atoms with Gasteiger partial charge in [-0.3, -0.25) is 0 Å². The predicted octanol–water partition coefficient (Wildman–Crippen LogP) is 3.23. The molecule has 108 valence electrons. The molecule has 1 atom stereocenters. The van der Waals surface area contributed by atoms with E-state index in [1.165, 1.54) is 9.35 Å². The Hall–Kier alpha value is 0.0600. The number of thiophene rings is 1. The summed E-state index contributed by atoms with van der Waals surface area (Å²) in [6.45, 7) is 4.43. The fourth-order valence-corrected chi connectivity index (χ4v) is 4.31. The van der Waals surface area contributed by atoms with E-state index in [0.29, 0.717) is 6.04 Å². The predicted molar refractivity (Wildman–Crippen MR) is 83.0 cm³/mol. The lowest BCUT2D eigenvalue weighted by Gasteiger charge is -2.43. The third-order valence-corrected chi connectivity index (χ3v) is 5.50. The smallest absolute Gasteiger partial charge is 0.0881 e. The Morgan fingerprint density at radius 3 is 2.79 bits per heavy atom. The second kappa shape index (κ2) is 7.18. The van der Waals surface area contributed by atoms with Crippen LogP contribution in [0.4, 0.5) is 0 Å². The summed E-state index contributed by atoms with van der Waals surface area (Å²) in [5.41, 5.74) is -0.0851. The van der Waals surface area contributed by atoms with E-state index < -0.39 is 0 Å². The van der Waals surface area contributed by atoms with Crippen molar-refractivity contribution in [3.05, 3.63) is 20.8 Å². The largest absolute Gasteiger partial charge is 0.381 e. The molecule has 0 aromatic carbocycles. The van der Waals surface area contributed by atoms with E-state index in [1.807, 2.05) is 7.05 Å². The molecule has 0 radical (unpaired) electrons. The minimum atomic E-state index is -0.0851. The first-order valence-electron chi connectivity index (χ1n) is 6.82. The van der Waals surface area contributed by atoms with Gasteiger partial charge < -0.3 is 14.8 Å². The summed E-state index contributed by atoms with van der Waals surface area (Å²) in [6, 6.07) is 2.54. The zero-order valence-corrected chi connectivity index (χ0v) is 14.0. The van der Waals surface area contributed by atoms with Crippen LogP contribution in [-0.2, 0) is 15.9 Å². The number of nitrogens with one attached hydrogen (secondary N) is 1. The molecular weight excluding hydrogens is 326 g/mol. The van der Waals surface area contributed by atoms with Crippen molar-refractivity contribution in [2.45, 2.75) is 37.8 Å². The van der Waals surface area contributed by atoms with Crippen molar-refractivity contribution in [3.8, 4) is 0 Å². The quantitative estimate of drug-likeness (QED) is 0.856. The summed E-state index contributed by atoms with van der Waals surface area (Å²) in [7, 11) is 2.03. The molecule has 0 bridgehead atoms. The fourth-order valence-electron chi connectivity index (χ4n) is 2.81. The zero-order valence-electron chi connectivity index (χ0n) is 11.6. The Labute approximate surface area is 127 Å². The molecule has 2 rings (SSSR count). The van der Waals surface area contributed by atoms with E-state index >= 15 is 0 Å². The van der Waals surface area contributed by atoms with Crippen LogP contribution in [0.25, 0.3) is 0 Å². The first kappa shape index (κ1) is 15.4. The van der Waals surface area contributed by atoms with Gasteiger partial charge in [0.25, 0.3) is 0 Å². The summed E-state index contributed by atoms with van der Waals surface area (Å²) in [6.07, 6.45) is 2.95. The van der Waals surface area contributed by atoms with Crippen LogP contribution >= 0.6 is 27.3 Å². The molecule has 0 amide bonds. The molecule has 0 saturated carbocycles. The van der Waals surface area contributed by atoms with Gasteiger partial charge in [-0.25, -0.2) is 0 Å². The summed E-state index contributed by atoms with van der Waals surface area (Å²) >= 11 is 5.32. The highest BCUT2D eigenvalue weighted by Crippen LogP contribution is 2.32. The van der Waals surface area contributed by atoms with Crippen molar-refractivity contribution in [1.29, 1.82) is 0 Å². The molecule has 2 heterocycles. The fraction of sp³-hybridized carbons (Fsp3) is 0.714. The maximum absolute atomic E-state index is 6.15. The van der Waals surface area contributed by atoms with E-state index in [1.54, 1.807) is 11.3 Å². The lowest BCUT2D eigenvalue weighted by molar-refractivity contribution is -0.125. The van der Waals surface area contributed by atoms with E-state index in [9.17, 15) is 0 Å². The molecule has 5 heteroatoms. The number of ether oxygens (including phenoxy) is 2. The SMILES string of the molecule is CCOC1(C(Cc2cc(Br)cs2)NC)CCOCC1. The van der Waals surface area contributed by atoms with Crippen molar-refractivity contribution >= 4 is 27.3 Å². The van der Waals surface area contributed by atoms with Gasteiger partial charge in [-0.1, -0.05) is 0 Å². The molecule has 1 aromatic heterocycles. The first-order valence-corrected chi connectivity index (χ1v) is 8.49. The molecule has 0 spiro atoms. The van der Waals surface area contributed by atoms with Gasteiger partial charge in [-0.2, -0.15) is 0 Å². The average Bonchev–Trinajstić information content (AvgIpc) is 2.83. The topological polar surface area (TPSA) is 30.5 Å². The van der Waals surface area contributed by atoms with Gasteiger partial charge in [0.05, 0.1) is 5.60 Å². The van der Waals surface area contributed by atoms with E-state index in [2.05, 4.69) is 39.6 Å². The Morgan fingerprint density at radius 1 is 1.53 bits per heavy atom. The summed E-state index contributed by atoms with van der Waals surface area (Å²) < 4.78 is 12.8. The Bertz CT molecular complexity index is 385. The van der Waals surface area contributed by atoms with E-state index in [-0.39, 0.29) is 5.60 Å². The van der Waals surface area contributed by atoms with Gasteiger partial charge >= 0.3 is 0 Å². The van der Waals surface area contributed by atoms with Gasteiger partial charge in [0, 0.05) is 53.4 Å². The van der Waals surface area contributed by atoms with E-state index in [4.69, 9.17) is 9.47 Å². The van der Waals surface area contributed by atoms with Crippen LogP contribution in [0.15, 0.2) is 15.9 Å². The highest BCUT2D eigenvalue weighted by atomic mass is 79.9. The second-order valence-electron chi connectivity index (χ2n) is 4.89. The Balaban J connectivity index is 2.12. The molecule has 0 aliphatic carbocycles. The van der Waals surface area contributed by atoms with E-state index in [0.717, 1.165) is 39.1 Å². The van der Waals surface area contributed by atoms with Crippen molar-refractivity contribution in [1.82, 2.24) is 5.32 Å². The molecule has 19 heavy (non-hydrogen) atoms. The van der Waals surface area contributed by atoms with Crippen molar-refractivity contribution in [3.63, 3.8) is 0 Å². The Morgan fingerprint density at radius 2 is 2.26 bits per heavy atom. The molecule has 1 fully saturated rings. The van der Waals surface area contributed by atoms with Crippen LogP contribution in [0.5, 0.6) is 0 Å². The molecular formula is C14H22BrNO2S. The highest BCUT2D eigenvalue weighted by Gasteiger charge is 2.40. The number of hydrogen-bond donors (Lipinski definition) is 1. The normalized spacial score (nSPS) is 20.4. The number of hydrogen-bond acceptors (Lipinski definition) is 4. The summed E-state index contributed by atoms with van der Waals surface area (Å²) in [5.74, 6) is 0. The van der Waals surface area contributed by atoms with Crippen molar-refractivity contribution in [2.75, 3.05) is 26.9 Å². The monoisotopic (exact) mass is 347 g/mol. The van der Waals surface area contributed by atoms with Gasteiger partial charge in [0.1, 0.15) is 0 Å².